The molecule has 0 saturated heterocycles. The molecule has 6 nitrogen and oxygen atoms in total. The number of aliphatic imine (C=N–C) groups is 1. The molecule has 0 fully saturated rings. The van der Waals surface area contributed by atoms with Crippen molar-refractivity contribution in [1.29, 1.82) is 0 Å². The van der Waals surface area contributed by atoms with Crippen LogP contribution in [0.3, 0.4) is 0 Å². The first-order valence-electron chi connectivity index (χ1n) is 9.79. The number of nitrogens with two attached hydrogens (primary N) is 1. The van der Waals surface area contributed by atoms with Crippen LogP contribution in [0.15, 0.2) is 65.7 Å². The van der Waals surface area contributed by atoms with Gasteiger partial charge in [0.05, 0.1) is 16.1 Å². The van der Waals surface area contributed by atoms with E-state index in [9.17, 15) is 31.5 Å². The molecular weight excluding hydrogens is 495 g/mol. The summed E-state index contributed by atoms with van der Waals surface area (Å²) in [5, 5.41) is 4.67. The van der Waals surface area contributed by atoms with Gasteiger partial charge >= 0.3 is 12.2 Å². The van der Waals surface area contributed by atoms with Gasteiger partial charge in [-0.25, -0.2) is 13.6 Å². The van der Waals surface area contributed by atoms with Gasteiger partial charge in [0.25, 0.3) is 5.91 Å². The lowest BCUT2D eigenvalue weighted by atomic mass is 10.1. The zero-order valence-electron chi connectivity index (χ0n) is 17.6. The van der Waals surface area contributed by atoms with Gasteiger partial charge in [-0.15, -0.1) is 0 Å². The Kier molecular flexibility index (Phi) is 7.70. The van der Waals surface area contributed by atoms with Crippen molar-refractivity contribution in [1.82, 2.24) is 5.32 Å². The van der Waals surface area contributed by atoms with Crippen LogP contribution in [-0.2, 0) is 12.7 Å². The predicted molar refractivity (Wildman–Crippen MR) is 120 cm³/mol. The van der Waals surface area contributed by atoms with E-state index >= 15 is 0 Å². The van der Waals surface area contributed by atoms with Crippen molar-refractivity contribution >= 4 is 35.1 Å². The number of alkyl halides is 3. The first-order chi connectivity index (χ1) is 16.5. The molecule has 0 atom stereocenters. The van der Waals surface area contributed by atoms with Gasteiger partial charge in [-0.05, 0) is 54.1 Å². The van der Waals surface area contributed by atoms with Gasteiger partial charge in [0, 0.05) is 17.8 Å². The summed E-state index contributed by atoms with van der Waals surface area (Å²) in [6.45, 7) is -0.487. The second-order valence-corrected chi connectivity index (χ2v) is 7.49. The fourth-order valence-electron chi connectivity index (χ4n) is 3.01. The van der Waals surface area contributed by atoms with Gasteiger partial charge in [-0.1, -0.05) is 23.7 Å². The Bertz CT molecular complexity index is 1270. The molecule has 182 valence electrons. The van der Waals surface area contributed by atoms with Crippen molar-refractivity contribution in [2.45, 2.75) is 12.7 Å². The van der Waals surface area contributed by atoms with E-state index in [4.69, 9.17) is 17.3 Å². The number of carbonyl (C=O) groups is 2. The molecule has 3 rings (SSSR count). The SMILES string of the molecule is N/C(=N\C(=O)Nc1ccc(C(=O)NCc2ccc(F)cc2C(F)(F)F)cc1)c1c(F)cccc1Cl. The molecular formula is C23H16ClF5N4O2. The predicted octanol–water partition coefficient (Wildman–Crippen LogP) is 5.50. The zero-order valence-corrected chi connectivity index (χ0v) is 18.3. The van der Waals surface area contributed by atoms with Crippen LogP contribution in [0.4, 0.5) is 32.4 Å². The van der Waals surface area contributed by atoms with Crippen molar-refractivity contribution < 1.29 is 31.5 Å². The first kappa shape index (κ1) is 25.6. The van der Waals surface area contributed by atoms with E-state index < -0.39 is 47.7 Å². The third-order valence-electron chi connectivity index (χ3n) is 4.66. The van der Waals surface area contributed by atoms with Gasteiger partial charge in [-0.3, -0.25) is 4.79 Å². The minimum absolute atomic E-state index is 0.0302. The summed E-state index contributed by atoms with van der Waals surface area (Å²) in [6.07, 6.45) is -4.79. The smallest absolute Gasteiger partial charge is 0.383 e. The number of hydrogen-bond donors (Lipinski definition) is 3. The average Bonchev–Trinajstić information content (AvgIpc) is 2.77. The molecule has 0 heterocycles. The van der Waals surface area contributed by atoms with Gasteiger partial charge < -0.3 is 16.4 Å². The first-order valence-corrected chi connectivity index (χ1v) is 10.2. The maximum atomic E-state index is 13.9. The quantitative estimate of drug-likeness (QED) is 0.240. The minimum Gasteiger partial charge on any atom is -0.383 e. The minimum atomic E-state index is -4.79. The number of hydrogen-bond acceptors (Lipinski definition) is 2. The lowest BCUT2D eigenvalue weighted by Crippen LogP contribution is -2.24. The largest absolute Gasteiger partial charge is 0.416 e. The summed E-state index contributed by atoms with van der Waals surface area (Å²) in [7, 11) is 0. The molecule has 0 unspecified atom stereocenters. The van der Waals surface area contributed by atoms with Gasteiger partial charge in [0.2, 0.25) is 0 Å². The van der Waals surface area contributed by atoms with Crippen molar-refractivity contribution in [2.24, 2.45) is 10.7 Å². The highest BCUT2D eigenvalue weighted by molar-refractivity contribution is 6.34. The summed E-state index contributed by atoms with van der Waals surface area (Å²) in [6, 6.07) is 10.4. The molecule has 12 heteroatoms. The van der Waals surface area contributed by atoms with Crippen LogP contribution < -0.4 is 16.4 Å². The average molecular weight is 511 g/mol. The molecule has 0 aromatic heterocycles. The number of benzene rings is 3. The third-order valence-corrected chi connectivity index (χ3v) is 4.97. The van der Waals surface area contributed by atoms with E-state index in [0.29, 0.717) is 6.07 Å². The number of halogens is 6. The summed E-state index contributed by atoms with van der Waals surface area (Å²) >= 11 is 5.87. The highest BCUT2D eigenvalue weighted by atomic mass is 35.5. The molecule has 0 saturated carbocycles. The normalized spacial score (nSPS) is 11.8. The van der Waals surface area contributed by atoms with Gasteiger partial charge in [0.1, 0.15) is 17.5 Å². The Labute approximate surface area is 200 Å². The van der Waals surface area contributed by atoms with Crippen molar-refractivity contribution in [3.63, 3.8) is 0 Å². The van der Waals surface area contributed by atoms with E-state index in [2.05, 4.69) is 15.6 Å². The Hall–Kier alpha value is -3.99. The van der Waals surface area contributed by atoms with E-state index in [1.807, 2.05) is 0 Å². The number of amidine groups is 1. The highest BCUT2D eigenvalue weighted by Gasteiger charge is 2.33. The molecule has 35 heavy (non-hydrogen) atoms. The topological polar surface area (TPSA) is 96.6 Å². The number of anilines is 1. The molecule has 0 aliphatic carbocycles. The molecule has 3 amide bonds. The van der Waals surface area contributed by atoms with E-state index in [0.717, 1.165) is 18.2 Å². The van der Waals surface area contributed by atoms with Crippen molar-refractivity contribution in [2.75, 3.05) is 5.32 Å². The molecule has 0 bridgehead atoms. The number of urea groups is 1. The zero-order chi connectivity index (χ0) is 25.8. The fourth-order valence-corrected chi connectivity index (χ4v) is 3.27. The second-order valence-electron chi connectivity index (χ2n) is 7.08. The maximum absolute atomic E-state index is 13.9. The molecule has 0 spiro atoms. The summed E-state index contributed by atoms with van der Waals surface area (Å²) in [4.78, 5) is 27.9. The van der Waals surface area contributed by atoms with Crippen LogP contribution in [0.1, 0.15) is 27.0 Å². The van der Waals surface area contributed by atoms with E-state index in [-0.39, 0.29) is 27.4 Å². The lowest BCUT2D eigenvalue weighted by molar-refractivity contribution is -0.138. The number of rotatable bonds is 5. The van der Waals surface area contributed by atoms with Crippen LogP contribution in [0.25, 0.3) is 0 Å². The van der Waals surface area contributed by atoms with Crippen LogP contribution in [-0.4, -0.2) is 17.8 Å². The Morgan fingerprint density at radius 3 is 2.31 bits per heavy atom. The van der Waals surface area contributed by atoms with Gasteiger partial charge in [0.15, 0.2) is 0 Å². The number of nitrogens with one attached hydrogen (secondary N) is 2. The van der Waals surface area contributed by atoms with Crippen molar-refractivity contribution in [3.05, 3.63) is 99.6 Å². The molecule has 3 aromatic rings. The summed E-state index contributed by atoms with van der Waals surface area (Å²) < 4.78 is 66.3. The molecule has 0 aliphatic rings. The fraction of sp³-hybridized carbons (Fsp3) is 0.0870. The monoisotopic (exact) mass is 510 g/mol. The van der Waals surface area contributed by atoms with Crippen LogP contribution in [0, 0.1) is 11.6 Å². The number of nitrogens with zero attached hydrogens (tertiary/aromatic N) is 1. The Balaban J connectivity index is 1.64. The lowest BCUT2D eigenvalue weighted by Gasteiger charge is -2.13. The van der Waals surface area contributed by atoms with Crippen LogP contribution >= 0.6 is 11.6 Å². The Morgan fingerprint density at radius 2 is 1.69 bits per heavy atom. The van der Waals surface area contributed by atoms with Gasteiger partial charge in [-0.2, -0.15) is 18.2 Å². The van der Waals surface area contributed by atoms with E-state index in [1.54, 1.807) is 0 Å². The van der Waals surface area contributed by atoms with E-state index in [1.165, 1.54) is 36.4 Å². The standard InChI is InChI=1S/C23H16ClF5N4O2/c24-17-2-1-3-18(26)19(17)20(30)33-22(35)32-15-8-5-12(6-9-15)21(34)31-11-13-4-7-14(25)10-16(13)23(27,28)29/h1-10H,11H2,(H,31,34)(H3,30,32,33,35). The Morgan fingerprint density at radius 1 is 1.00 bits per heavy atom. The number of amides is 3. The summed E-state index contributed by atoms with van der Waals surface area (Å²) in [5.74, 6) is -2.95. The van der Waals surface area contributed by atoms with Crippen molar-refractivity contribution in [3.8, 4) is 0 Å². The third kappa shape index (κ3) is 6.54. The highest BCUT2D eigenvalue weighted by Crippen LogP contribution is 2.32. The second kappa shape index (κ2) is 10.5. The van der Waals surface area contributed by atoms with Crippen LogP contribution in [0.2, 0.25) is 5.02 Å². The van der Waals surface area contributed by atoms with Crippen LogP contribution in [0.5, 0.6) is 0 Å². The molecule has 0 radical (unpaired) electrons. The maximum Gasteiger partial charge on any atom is 0.416 e. The number of carbonyl (C=O) groups excluding carboxylic acids is 2. The molecule has 4 N–H and O–H groups in total. The molecule has 3 aromatic carbocycles. The summed E-state index contributed by atoms with van der Waals surface area (Å²) in [5.41, 5.74) is 4.23. The molecule has 0 aliphatic heterocycles.